The van der Waals surface area contributed by atoms with Crippen molar-refractivity contribution in [2.45, 2.75) is 39.2 Å². The van der Waals surface area contributed by atoms with Crippen molar-refractivity contribution in [2.75, 3.05) is 5.32 Å². The molecule has 0 aliphatic rings. The topological polar surface area (TPSA) is 97.1 Å². The van der Waals surface area contributed by atoms with Gasteiger partial charge in [0.05, 0.1) is 16.9 Å². The van der Waals surface area contributed by atoms with Crippen molar-refractivity contribution in [1.82, 2.24) is 14.8 Å². The van der Waals surface area contributed by atoms with Gasteiger partial charge in [-0.25, -0.2) is 9.78 Å². The monoisotopic (exact) mass is 322 g/mol. The average molecular weight is 322 g/mol. The Balaban J connectivity index is 2.12. The number of carbonyl (C=O) groups is 2. The summed E-state index contributed by atoms with van der Waals surface area (Å²) in [5, 5.41) is 18.4. The minimum absolute atomic E-state index is 0.269. The molecule has 0 bridgehead atoms. The Kier molecular flexibility index (Phi) is 4.32. The van der Waals surface area contributed by atoms with E-state index in [2.05, 4.69) is 15.4 Å². The lowest BCUT2D eigenvalue weighted by atomic mass is 10.1. The van der Waals surface area contributed by atoms with Gasteiger partial charge in [0.15, 0.2) is 5.54 Å². The van der Waals surface area contributed by atoms with Crippen LogP contribution in [0.4, 0.5) is 5.69 Å². The van der Waals surface area contributed by atoms with Gasteiger partial charge in [0, 0.05) is 17.5 Å². The maximum Gasteiger partial charge on any atom is 0.331 e. The smallest absolute Gasteiger partial charge is 0.331 e. The van der Waals surface area contributed by atoms with Crippen molar-refractivity contribution in [3.8, 4) is 0 Å². The van der Waals surface area contributed by atoms with Gasteiger partial charge in [-0.15, -0.1) is 11.3 Å². The van der Waals surface area contributed by atoms with Crippen molar-refractivity contribution in [2.24, 2.45) is 0 Å². The Labute approximate surface area is 132 Å². The van der Waals surface area contributed by atoms with Crippen molar-refractivity contribution < 1.29 is 14.7 Å². The molecule has 118 valence electrons. The molecule has 2 aromatic heterocycles. The first-order valence-corrected chi connectivity index (χ1v) is 7.65. The van der Waals surface area contributed by atoms with Gasteiger partial charge in [0.2, 0.25) is 0 Å². The number of carboxylic acid groups (broad SMARTS) is 1. The predicted molar refractivity (Wildman–Crippen MR) is 83.3 cm³/mol. The quantitative estimate of drug-likeness (QED) is 0.881. The maximum atomic E-state index is 12.1. The van der Waals surface area contributed by atoms with E-state index in [1.54, 1.807) is 5.38 Å². The highest BCUT2D eigenvalue weighted by Gasteiger charge is 2.30. The number of nitrogens with zero attached hydrogens (tertiary/aromatic N) is 3. The van der Waals surface area contributed by atoms with Crippen LogP contribution in [0.3, 0.4) is 0 Å². The fraction of sp³-hybridized carbons (Fsp3) is 0.429. The third-order valence-corrected chi connectivity index (χ3v) is 4.33. The van der Waals surface area contributed by atoms with Crippen LogP contribution in [0.1, 0.15) is 49.1 Å². The van der Waals surface area contributed by atoms with Gasteiger partial charge in [-0.05, 0) is 13.8 Å². The molecule has 1 amide bonds. The number of hydrogen-bond donors (Lipinski definition) is 2. The van der Waals surface area contributed by atoms with E-state index >= 15 is 0 Å². The molecule has 0 aliphatic heterocycles. The van der Waals surface area contributed by atoms with Crippen LogP contribution in [0.15, 0.2) is 17.8 Å². The lowest BCUT2D eigenvalue weighted by molar-refractivity contribution is -0.146. The van der Waals surface area contributed by atoms with E-state index in [0.717, 1.165) is 5.01 Å². The third kappa shape index (κ3) is 3.16. The molecule has 0 atom stereocenters. The summed E-state index contributed by atoms with van der Waals surface area (Å²) in [7, 11) is 0. The molecule has 2 heterocycles. The Morgan fingerprint density at radius 2 is 2.09 bits per heavy atom. The zero-order chi connectivity index (χ0) is 16.5. The van der Waals surface area contributed by atoms with E-state index < -0.39 is 11.5 Å². The number of carbonyl (C=O) groups excluding carboxylic acids is 1. The number of aromatic nitrogens is 3. The summed E-state index contributed by atoms with van der Waals surface area (Å²) in [6, 6.07) is 0. The van der Waals surface area contributed by atoms with Gasteiger partial charge in [-0.3, -0.25) is 9.48 Å². The van der Waals surface area contributed by atoms with Crippen molar-refractivity contribution in [3.63, 3.8) is 0 Å². The zero-order valence-corrected chi connectivity index (χ0v) is 13.6. The fourth-order valence-corrected chi connectivity index (χ4v) is 2.46. The molecule has 0 aliphatic carbocycles. The number of aliphatic carboxylic acids is 1. The van der Waals surface area contributed by atoms with Crippen LogP contribution in [-0.2, 0) is 10.3 Å². The molecule has 22 heavy (non-hydrogen) atoms. The van der Waals surface area contributed by atoms with Crippen molar-refractivity contribution >= 4 is 28.9 Å². The molecule has 0 saturated heterocycles. The summed E-state index contributed by atoms with van der Waals surface area (Å²) in [6.07, 6.45) is 2.90. The van der Waals surface area contributed by atoms with Gasteiger partial charge in [0.25, 0.3) is 5.91 Å². The highest BCUT2D eigenvalue weighted by molar-refractivity contribution is 7.09. The van der Waals surface area contributed by atoms with E-state index in [0.29, 0.717) is 11.4 Å². The molecule has 0 unspecified atom stereocenters. The number of rotatable bonds is 5. The highest BCUT2D eigenvalue weighted by atomic mass is 32.1. The summed E-state index contributed by atoms with van der Waals surface area (Å²) >= 11 is 1.44. The van der Waals surface area contributed by atoms with Gasteiger partial charge >= 0.3 is 5.97 Å². The molecule has 0 fully saturated rings. The van der Waals surface area contributed by atoms with Crippen molar-refractivity contribution in [3.05, 3.63) is 28.5 Å². The SMILES string of the molecule is CC(C)c1nc(C(=O)Nc2cnn(C(C)(C)C(=O)O)c2)cs1. The first-order valence-electron chi connectivity index (χ1n) is 6.77. The Morgan fingerprint density at radius 1 is 1.41 bits per heavy atom. The largest absolute Gasteiger partial charge is 0.479 e. The second-order valence-corrected chi connectivity index (χ2v) is 6.61. The second kappa shape index (κ2) is 5.88. The number of anilines is 1. The van der Waals surface area contributed by atoms with Crippen LogP contribution in [0.25, 0.3) is 0 Å². The summed E-state index contributed by atoms with van der Waals surface area (Å²) in [6.45, 7) is 7.09. The minimum atomic E-state index is -1.19. The highest BCUT2D eigenvalue weighted by Crippen LogP contribution is 2.21. The van der Waals surface area contributed by atoms with Crippen molar-refractivity contribution in [1.29, 1.82) is 0 Å². The number of thiazole rings is 1. The van der Waals surface area contributed by atoms with Crippen LogP contribution < -0.4 is 5.32 Å². The molecule has 0 spiro atoms. The first-order chi connectivity index (χ1) is 10.2. The van der Waals surface area contributed by atoms with Crippen LogP contribution >= 0.6 is 11.3 Å². The Bertz CT molecular complexity index is 703. The number of hydrogen-bond acceptors (Lipinski definition) is 5. The van der Waals surface area contributed by atoms with Gasteiger partial charge in [0.1, 0.15) is 5.69 Å². The van der Waals surface area contributed by atoms with Gasteiger partial charge in [-0.2, -0.15) is 5.10 Å². The van der Waals surface area contributed by atoms with Crippen LogP contribution in [0, 0.1) is 0 Å². The molecule has 2 rings (SSSR count). The summed E-state index contributed by atoms with van der Waals surface area (Å²) < 4.78 is 1.30. The minimum Gasteiger partial charge on any atom is -0.479 e. The first kappa shape index (κ1) is 16.2. The maximum absolute atomic E-state index is 12.1. The molecule has 0 saturated carbocycles. The molecular weight excluding hydrogens is 304 g/mol. The molecule has 7 nitrogen and oxygen atoms in total. The predicted octanol–water partition coefficient (Wildman–Crippen LogP) is 2.54. The molecule has 2 N–H and O–H groups in total. The lowest BCUT2D eigenvalue weighted by Gasteiger charge is -2.19. The van der Waals surface area contributed by atoms with E-state index in [-0.39, 0.29) is 11.8 Å². The molecule has 2 aromatic rings. The standard InChI is InChI=1S/C14H18N4O3S/c1-8(2)12-17-10(7-22-12)11(19)16-9-5-15-18(6-9)14(3,4)13(20)21/h5-8H,1-4H3,(H,16,19)(H,20,21). The summed E-state index contributed by atoms with van der Waals surface area (Å²) in [5.74, 6) is -1.07. The average Bonchev–Trinajstić information content (AvgIpc) is 3.07. The van der Waals surface area contributed by atoms with Gasteiger partial charge in [-0.1, -0.05) is 13.8 Å². The molecule has 0 radical (unpaired) electrons. The number of amides is 1. The summed E-state index contributed by atoms with van der Waals surface area (Å²) in [5.41, 5.74) is -0.411. The van der Waals surface area contributed by atoms with E-state index in [4.69, 9.17) is 5.11 Å². The van der Waals surface area contributed by atoms with Crippen LogP contribution in [-0.4, -0.2) is 31.7 Å². The van der Waals surface area contributed by atoms with Crippen LogP contribution in [0.5, 0.6) is 0 Å². The zero-order valence-electron chi connectivity index (χ0n) is 12.8. The second-order valence-electron chi connectivity index (χ2n) is 5.72. The lowest BCUT2D eigenvalue weighted by Crippen LogP contribution is -2.35. The van der Waals surface area contributed by atoms with E-state index in [1.807, 2.05) is 13.8 Å². The van der Waals surface area contributed by atoms with Gasteiger partial charge < -0.3 is 10.4 Å². The number of nitrogens with one attached hydrogen (secondary N) is 1. The Hall–Kier alpha value is -2.22. The molecule has 0 aromatic carbocycles. The summed E-state index contributed by atoms with van der Waals surface area (Å²) in [4.78, 5) is 27.6. The van der Waals surface area contributed by atoms with E-state index in [9.17, 15) is 9.59 Å². The normalized spacial score (nSPS) is 11.7. The molecule has 8 heteroatoms. The third-order valence-electron chi connectivity index (χ3n) is 3.19. The fourth-order valence-electron chi connectivity index (χ4n) is 1.64. The Morgan fingerprint density at radius 3 is 2.64 bits per heavy atom. The number of carboxylic acids is 1. The van der Waals surface area contributed by atoms with Crippen LogP contribution in [0.2, 0.25) is 0 Å². The van der Waals surface area contributed by atoms with E-state index in [1.165, 1.54) is 42.3 Å². The molecular formula is C14H18N4O3S.